The maximum absolute atomic E-state index is 12.6. The maximum Gasteiger partial charge on any atom is 0.228 e. The highest BCUT2D eigenvalue weighted by Gasteiger charge is 2.32. The second-order valence-corrected chi connectivity index (χ2v) is 7.16. The predicted molar refractivity (Wildman–Crippen MR) is 95.3 cm³/mol. The summed E-state index contributed by atoms with van der Waals surface area (Å²) in [7, 11) is 0. The Balaban J connectivity index is 1.82. The molecule has 5 heteroatoms. The van der Waals surface area contributed by atoms with Gasteiger partial charge in [-0.3, -0.25) is 14.4 Å². The third-order valence-corrected chi connectivity index (χ3v) is 4.86. The Kier molecular flexibility index (Phi) is 4.81. The zero-order chi connectivity index (χ0) is 17.1. The fourth-order valence-corrected chi connectivity index (χ4v) is 3.73. The molecule has 4 nitrogen and oxygen atoms in total. The molecule has 1 heterocycles. The second-order valence-electron chi connectivity index (χ2n) is 5.69. The van der Waals surface area contributed by atoms with Crippen LogP contribution < -0.4 is 4.90 Å². The van der Waals surface area contributed by atoms with Gasteiger partial charge in [-0.15, -0.1) is 0 Å². The van der Waals surface area contributed by atoms with Crippen LogP contribution in [-0.4, -0.2) is 28.6 Å². The minimum absolute atomic E-state index is 0.0157. The summed E-state index contributed by atoms with van der Waals surface area (Å²) in [6.45, 7) is 2.00. The highest BCUT2D eigenvalue weighted by atomic mass is 32.2. The fraction of sp³-hybridized carbons (Fsp3) is 0.211. The van der Waals surface area contributed by atoms with Crippen LogP contribution in [0.15, 0.2) is 54.6 Å². The van der Waals surface area contributed by atoms with E-state index in [1.165, 1.54) is 18.7 Å². The van der Waals surface area contributed by atoms with Crippen LogP contribution in [0.4, 0.5) is 5.69 Å². The Hall–Kier alpha value is -2.40. The number of carbonyl (C=O) groups excluding carboxylic acids is 3. The highest BCUT2D eigenvalue weighted by Crippen LogP contribution is 2.29. The van der Waals surface area contributed by atoms with Gasteiger partial charge in [-0.1, -0.05) is 54.2 Å². The van der Waals surface area contributed by atoms with Crippen LogP contribution in [0.5, 0.6) is 0 Å². The SMILES string of the molecule is CC(=O)SC1CC(=O)N(c2cccc(C(=O)c3ccccc3)c2)C1. The number of anilines is 1. The van der Waals surface area contributed by atoms with Crippen molar-refractivity contribution in [2.24, 2.45) is 0 Å². The number of benzene rings is 2. The van der Waals surface area contributed by atoms with Crippen molar-refractivity contribution in [3.8, 4) is 0 Å². The van der Waals surface area contributed by atoms with Crippen molar-refractivity contribution in [1.29, 1.82) is 0 Å². The van der Waals surface area contributed by atoms with Crippen LogP contribution in [0, 0.1) is 0 Å². The Morgan fingerprint density at radius 1 is 1.04 bits per heavy atom. The van der Waals surface area contributed by atoms with Crippen molar-refractivity contribution in [3.63, 3.8) is 0 Å². The molecule has 122 valence electrons. The molecule has 1 amide bonds. The molecule has 0 radical (unpaired) electrons. The van der Waals surface area contributed by atoms with E-state index in [1.54, 1.807) is 35.2 Å². The standard InChI is InChI=1S/C19H17NO3S/c1-13(21)24-17-11-18(22)20(12-17)16-9-5-8-15(10-16)19(23)14-6-3-2-4-7-14/h2-10,17H,11-12H2,1H3. The van der Waals surface area contributed by atoms with Gasteiger partial charge in [-0.25, -0.2) is 0 Å². The lowest BCUT2D eigenvalue weighted by atomic mass is 10.0. The van der Waals surface area contributed by atoms with Crippen molar-refractivity contribution in [2.45, 2.75) is 18.6 Å². The van der Waals surface area contributed by atoms with Crippen molar-refractivity contribution < 1.29 is 14.4 Å². The summed E-state index contributed by atoms with van der Waals surface area (Å²) >= 11 is 1.20. The van der Waals surface area contributed by atoms with E-state index in [0.29, 0.717) is 29.8 Å². The van der Waals surface area contributed by atoms with E-state index < -0.39 is 0 Å². The zero-order valence-corrected chi connectivity index (χ0v) is 14.1. The van der Waals surface area contributed by atoms with Gasteiger partial charge >= 0.3 is 0 Å². The van der Waals surface area contributed by atoms with Gasteiger partial charge in [0.15, 0.2) is 10.9 Å². The first-order valence-corrected chi connectivity index (χ1v) is 8.60. The van der Waals surface area contributed by atoms with E-state index in [0.717, 1.165) is 0 Å². The van der Waals surface area contributed by atoms with Crippen molar-refractivity contribution in [3.05, 3.63) is 65.7 Å². The first-order chi connectivity index (χ1) is 11.5. The molecular weight excluding hydrogens is 322 g/mol. The molecule has 0 N–H and O–H groups in total. The topological polar surface area (TPSA) is 54.5 Å². The number of amides is 1. The lowest BCUT2D eigenvalue weighted by Crippen LogP contribution is -2.25. The molecule has 2 aromatic carbocycles. The number of nitrogens with zero attached hydrogens (tertiary/aromatic N) is 1. The minimum Gasteiger partial charge on any atom is -0.311 e. The first kappa shape index (κ1) is 16.5. The normalized spacial score (nSPS) is 17.1. The van der Waals surface area contributed by atoms with E-state index in [1.807, 2.05) is 24.3 Å². The lowest BCUT2D eigenvalue weighted by Gasteiger charge is -2.17. The Morgan fingerprint density at radius 2 is 1.75 bits per heavy atom. The number of hydrogen-bond acceptors (Lipinski definition) is 4. The van der Waals surface area contributed by atoms with Gasteiger partial charge in [0.25, 0.3) is 0 Å². The van der Waals surface area contributed by atoms with Gasteiger partial charge in [0.05, 0.1) is 0 Å². The molecule has 1 fully saturated rings. The van der Waals surface area contributed by atoms with Crippen LogP contribution in [0.3, 0.4) is 0 Å². The van der Waals surface area contributed by atoms with Crippen LogP contribution in [0.2, 0.25) is 0 Å². The zero-order valence-electron chi connectivity index (χ0n) is 13.3. The van der Waals surface area contributed by atoms with Crippen molar-refractivity contribution >= 4 is 34.3 Å². The summed E-state index contributed by atoms with van der Waals surface area (Å²) in [5, 5.41) is -0.00821. The number of rotatable bonds is 4. The van der Waals surface area contributed by atoms with E-state index in [2.05, 4.69) is 0 Å². The van der Waals surface area contributed by atoms with Gasteiger partial charge in [0.2, 0.25) is 5.91 Å². The summed E-state index contributed by atoms with van der Waals surface area (Å²) in [4.78, 5) is 37.7. The third-order valence-electron chi connectivity index (χ3n) is 3.88. The van der Waals surface area contributed by atoms with Crippen LogP contribution in [-0.2, 0) is 9.59 Å². The summed E-state index contributed by atoms with van der Waals surface area (Å²) in [5.41, 5.74) is 1.87. The van der Waals surface area contributed by atoms with E-state index in [-0.39, 0.29) is 22.1 Å². The quantitative estimate of drug-likeness (QED) is 0.802. The minimum atomic E-state index is -0.0706. The molecule has 0 saturated carbocycles. The number of carbonyl (C=O) groups is 3. The molecule has 0 aliphatic carbocycles. The van der Waals surface area contributed by atoms with E-state index in [4.69, 9.17) is 0 Å². The van der Waals surface area contributed by atoms with Gasteiger partial charge < -0.3 is 4.90 Å². The maximum atomic E-state index is 12.6. The molecule has 24 heavy (non-hydrogen) atoms. The Bertz CT molecular complexity index is 788. The van der Waals surface area contributed by atoms with Crippen LogP contribution in [0.1, 0.15) is 29.3 Å². The summed E-state index contributed by atoms with van der Waals surface area (Å²) < 4.78 is 0. The summed E-state index contributed by atoms with van der Waals surface area (Å²) in [5.74, 6) is -0.0863. The Labute approximate surface area is 144 Å². The molecule has 3 rings (SSSR count). The first-order valence-electron chi connectivity index (χ1n) is 7.72. The molecule has 0 bridgehead atoms. The molecule has 0 aromatic heterocycles. The smallest absolute Gasteiger partial charge is 0.228 e. The van der Waals surface area contributed by atoms with Crippen LogP contribution in [0.25, 0.3) is 0 Å². The monoisotopic (exact) mass is 339 g/mol. The van der Waals surface area contributed by atoms with Gasteiger partial charge in [-0.05, 0) is 12.1 Å². The largest absolute Gasteiger partial charge is 0.311 e. The second kappa shape index (κ2) is 7.01. The molecule has 1 aliphatic rings. The van der Waals surface area contributed by atoms with Crippen LogP contribution >= 0.6 is 11.8 Å². The van der Waals surface area contributed by atoms with Crippen molar-refractivity contribution in [1.82, 2.24) is 0 Å². The molecule has 1 unspecified atom stereocenters. The summed E-state index contributed by atoms with van der Waals surface area (Å²) in [6.07, 6.45) is 0.348. The number of ketones is 1. The van der Waals surface area contributed by atoms with E-state index in [9.17, 15) is 14.4 Å². The fourth-order valence-electron chi connectivity index (χ4n) is 2.81. The molecule has 1 atom stereocenters. The predicted octanol–water partition coefficient (Wildman–Crippen LogP) is 3.30. The highest BCUT2D eigenvalue weighted by molar-refractivity contribution is 8.14. The average molecular weight is 339 g/mol. The molecule has 0 spiro atoms. The number of hydrogen-bond donors (Lipinski definition) is 0. The molecule has 1 aliphatic heterocycles. The lowest BCUT2D eigenvalue weighted by molar-refractivity contribution is -0.117. The summed E-state index contributed by atoms with van der Waals surface area (Å²) in [6, 6.07) is 16.2. The Morgan fingerprint density at radius 3 is 2.46 bits per heavy atom. The molecule has 2 aromatic rings. The van der Waals surface area contributed by atoms with Crippen molar-refractivity contribution in [2.75, 3.05) is 11.4 Å². The molecule has 1 saturated heterocycles. The van der Waals surface area contributed by atoms with Gasteiger partial charge in [0.1, 0.15) is 0 Å². The van der Waals surface area contributed by atoms with Gasteiger partial charge in [0, 0.05) is 42.0 Å². The third kappa shape index (κ3) is 3.57. The average Bonchev–Trinajstić information content (AvgIpc) is 2.94. The molecular formula is C19H17NO3S. The number of thioether (sulfide) groups is 1. The van der Waals surface area contributed by atoms with Gasteiger partial charge in [-0.2, -0.15) is 0 Å². The van der Waals surface area contributed by atoms with E-state index >= 15 is 0 Å².